The van der Waals surface area contributed by atoms with Gasteiger partial charge in [-0.05, 0) is 6.92 Å². The fourth-order valence-electron chi connectivity index (χ4n) is 1.21. The quantitative estimate of drug-likeness (QED) is 0.818. The van der Waals surface area contributed by atoms with Crippen LogP contribution in [0.25, 0.3) is 0 Å². The Bertz CT molecular complexity index is 350. The molecule has 5 heteroatoms. The molecule has 4 nitrogen and oxygen atoms in total. The first kappa shape index (κ1) is 13.1. The Morgan fingerprint density at radius 3 is 2.75 bits per heavy atom. The first-order valence-electron chi connectivity index (χ1n) is 5.37. The van der Waals surface area contributed by atoms with Crippen molar-refractivity contribution in [2.75, 3.05) is 6.61 Å². The first-order valence-corrected chi connectivity index (χ1v) is 6.25. The van der Waals surface area contributed by atoms with Crippen molar-refractivity contribution < 1.29 is 9.90 Å². The van der Waals surface area contributed by atoms with E-state index in [1.807, 2.05) is 5.38 Å². The average molecular weight is 242 g/mol. The lowest BCUT2D eigenvalue weighted by atomic mass is 10.2. The second kappa shape index (κ2) is 5.96. The summed E-state index contributed by atoms with van der Waals surface area (Å²) < 4.78 is 0. The second-order valence-corrected chi connectivity index (χ2v) is 5.05. The van der Waals surface area contributed by atoms with E-state index in [4.69, 9.17) is 5.11 Å². The van der Waals surface area contributed by atoms with Gasteiger partial charge < -0.3 is 10.4 Å². The van der Waals surface area contributed by atoms with Gasteiger partial charge in [-0.1, -0.05) is 13.8 Å². The van der Waals surface area contributed by atoms with Gasteiger partial charge in [-0.2, -0.15) is 0 Å². The fourth-order valence-corrected chi connectivity index (χ4v) is 2.04. The van der Waals surface area contributed by atoms with Gasteiger partial charge in [0, 0.05) is 17.3 Å². The molecule has 1 amide bonds. The molecule has 0 aliphatic carbocycles. The van der Waals surface area contributed by atoms with Crippen molar-refractivity contribution in [3.05, 3.63) is 16.1 Å². The van der Waals surface area contributed by atoms with Gasteiger partial charge in [0.15, 0.2) is 0 Å². The smallest absolute Gasteiger partial charge is 0.226 e. The Labute approximate surface area is 99.7 Å². The highest BCUT2D eigenvalue weighted by atomic mass is 32.1. The largest absolute Gasteiger partial charge is 0.394 e. The average Bonchev–Trinajstić information content (AvgIpc) is 2.65. The number of aromatic nitrogens is 1. The van der Waals surface area contributed by atoms with Gasteiger partial charge in [0.25, 0.3) is 0 Å². The summed E-state index contributed by atoms with van der Waals surface area (Å²) in [6.07, 6.45) is 0.285. The molecule has 0 bridgehead atoms. The number of hydrogen-bond acceptors (Lipinski definition) is 4. The SMILES string of the molecule is CC(CO)NC(=O)Cc1csc(C(C)C)n1. The summed E-state index contributed by atoms with van der Waals surface area (Å²) in [5.41, 5.74) is 0.802. The van der Waals surface area contributed by atoms with Gasteiger partial charge >= 0.3 is 0 Å². The zero-order chi connectivity index (χ0) is 12.1. The van der Waals surface area contributed by atoms with Crippen molar-refractivity contribution in [2.24, 2.45) is 0 Å². The van der Waals surface area contributed by atoms with Crippen LogP contribution in [-0.2, 0) is 11.2 Å². The molecule has 0 aliphatic heterocycles. The fraction of sp³-hybridized carbons (Fsp3) is 0.636. The Morgan fingerprint density at radius 1 is 1.56 bits per heavy atom. The van der Waals surface area contributed by atoms with E-state index >= 15 is 0 Å². The third-order valence-corrected chi connectivity index (χ3v) is 3.28. The van der Waals surface area contributed by atoms with Crippen LogP contribution in [0.2, 0.25) is 0 Å². The molecule has 1 aromatic heterocycles. The molecule has 0 aromatic carbocycles. The molecule has 0 fully saturated rings. The van der Waals surface area contributed by atoms with Crippen molar-refractivity contribution in [1.82, 2.24) is 10.3 Å². The lowest BCUT2D eigenvalue weighted by molar-refractivity contribution is -0.121. The number of carbonyl (C=O) groups excluding carboxylic acids is 1. The summed E-state index contributed by atoms with van der Waals surface area (Å²) in [7, 11) is 0. The van der Waals surface area contributed by atoms with Crippen molar-refractivity contribution in [1.29, 1.82) is 0 Å². The number of amides is 1. The third kappa shape index (κ3) is 3.90. The maximum absolute atomic E-state index is 11.5. The molecule has 90 valence electrons. The lowest BCUT2D eigenvalue weighted by Crippen LogP contribution is -2.36. The minimum absolute atomic E-state index is 0.0416. The van der Waals surface area contributed by atoms with E-state index in [2.05, 4.69) is 24.1 Å². The van der Waals surface area contributed by atoms with Gasteiger partial charge in [-0.3, -0.25) is 4.79 Å². The highest BCUT2D eigenvalue weighted by Gasteiger charge is 2.11. The molecule has 0 saturated carbocycles. The molecule has 1 unspecified atom stereocenters. The molecular weight excluding hydrogens is 224 g/mol. The van der Waals surface area contributed by atoms with Crippen LogP contribution in [-0.4, -0.2) is 28.6 Å². The van der Waals surface area contributed by atoms with Gasteiger partial charge in [-0.15, -0.1) is 11.3 Å². The Balaban J connectivity index is 2.50. The van der Waals surface area contributed by atoms with Crippen LogP contribution >= 0.6 is 11.3 Å². The van der Waals surface area contributed by atoms with E-state index in [-0.39, 0.29) is 25.0 Å². The summed E-state index contributed by atoms with van der Waals surface area (Å²) >= 11 is 1.58. The molecule has 1 rings (SSSR count). The maximum atomic E-state index is 11.5. The summed E-state index contributed by atoms with van der Waals surface area (Å²) in [6.45, 7) is 5.88. The molecule has 0 spiro atoms. The van der Waals surface area contributed by atoms with Crippen LogP contribution in [0.5, 0.6) is 0 Å². The number of hydrogen-bond donors (Lipinski definition) is 2. The van der Waals surface area contributed by atoms with Gasteiger partial charge in [0.2, 0.25) is 5.91 Å². The predicted octanol–water partition coefficient (Wildman–Crippen LogP) is 1.31. The number of carbonyl (C=O) groups is 1. The second-order valence-electron chi connectivity index (χ2n) is 4.16. The van der Waals surface area contributed by atoms with Gasteiger partial charge in [0.1, 0.15) is 0 Å². The van der Waals surface area contributed by atoms with E-state index in [0.29, 0.717) is 5.92 Å². The van der Waals surface area contributed by atoms with Crippen LogP contribution in [0, 0.1) is 0 Å². The summed E-state index contributed by atoms with van der Waals surface area (Å²) in [4.78, 5) is 15.9. The zero-order valence-electron chi connectivity index (χ0n) is 9.86. The number of thiazole rings is 1. The van der Waals surface area contributed by atoms with E-state index < -0.39 is 0 Å². The molecule has 0 radical (unpaired) electrons. The minimum Gasteiger partial charge on any atom is -0.394 e. The van der Waals surface area contributed by atoms with Crippen LogP contribution in [0.3, 0.4) is 0 Å². The Kier molecular flexibility index (Phi) is 4.89. The van der Waals surface area contributed by atoms with Gasteiger partial charge in [-0.25, -0.2) is 4.98 Å². The van der Waals surface area contributed by atoms with Crippen molar-refractivity contribution in [3.63, 3.8) is 0 Å². The molecular formula is C11H18N2O2S. The minimum atomic E-state index is -0.198. The van der Waals surface area contributed by atoms with E-state index in [1.165, 1.54) is 0 Å². The normalized spacial score (nSPS) is 12.8. The predicted molar refractivity (Wildman–Crippen MR) is 64.6 cm³/mol. The lowest BCUT2D eigenvalue weighted by Gasteiger charge is -2.09. The standard InChI is InChI=1S/C11H18N2O2S/c1-7(2)11-13-9(6-16-11)4-10(15)12-8(3)5-14/h6-8,14H,4-5H2,1-3H3,(H,12,15). The van der Waals surface area contributed by atoms with Gasteiger partial charge in [0.05, 0.1) is 23.7 Å². The first-order chi connectivity index (χ1) is 7.52. The molecule has 1 atom stereocenters. The summed E-state index contributed by atoms with van der Waals surface area (Å²) in [5, 5.41) is 14.5. The maximum Gasteiger partial charge on any atom is 0.226 e. The Morgan fingerprint density at radius 2 is 2.25 bits per heavy atom. The number of aliphatic hydroxyl groups is 1. The highest BCUT2D eigenvalue weighted by molar-refractivity contribution is 7.09. The molecule has 2 N–H and O–H groups in total. The van der Waals surface area contributed by atoms with Crippen LogP contribution in [0.1, 0.15) is 37.4 Å². The molecule has 0 saturated heterocycles. The summed E-state index contributed by atoms with van der Waals surface area (Å²) in [5.74, 6) is 0.306. The Hall–Kier alpha value is -0.940. The molecule has 1 aromatic rings. The van der Waals surface area contributed by atoms with E-state index in [9.17, 15) is 4.79 Å². The van der Waals surface area contributed by atoms with Crippen molar-refractivity contribution in [2.45, 2.75) is 39.2 Å². The van der Waals surface area contributed by atoms with Crippen LogP contribution in [0.4, 0.5) is 0 Å². The monoisotopic (exact) mass is 242 g/mol. The van der Waals surface area contributed by atoms with Crippen LogP contribution < -0.4 is 5.32 Å². The number of aliphatic hydroxyl groups excluding tert-OH is 1. The molecule has 1 heterocycles. The highest BCUT2D eigenvalue weighted by Crippen LogP contribution is 2.19. The summed E-state index contributed by atoms with van der Waals surface area (Å²) in [6, 6.07) is -0.198. The van der Waals surface area contributed by atoms with E-state index in [0.717, 1.165) is 10.7 Å². The number of rotatable bonds is 5. The number of nitrogens with one attached hydrogen (secondary N) is 1. The number of nitrogens with zero attached hydrogens (tertiary/aromatic N) is 1. The van der Waals surface area contributed by atoms with Crippen LogP contribution in [0.15, 0.2) is 5.38 Å². The van der Waals surface area contributed by atoms with Crippen molar-refractivity contribution in [3.8, 4) is 0 Å². The van der Waals surface area contributed by atoms with E-state index in [1.54, 1.807) is 18.3 Å². The zero-order valence-corrected chi connectivity index (χ0v) is 10.7. The molecule has 0 aliphatic rings. The van der Waals surface area contributed by atoms with Crippen molar-refractivity contribution >= 4 is 17.2 Å². The topological polar surface area (TPSA) is 62.2 Å². The molecule has 16 heavy (non-hydrogen) atoms. The third-order valence-electron chi connectivity index (χ3n) is 2.09.